The normalized spacial score (nSPS) is 16.1. The third kappa shape index (κ3) is 4.62. The summed E-state index contributed by atoms with van der Waals surface area (Å²) in [5, 5.41) is 2.91. The number of carbonyl (C=O) groups is 1. The van der Waals surface area contributed by atoms with Crippen molar-refractivity contribution in [3.05, 3.63) is 42.1 Å². The number of anilines is 1. The van der Waals surface area contributed by atoms with Crippen molar-refractivity contribution in [2.75, 3.05) is 11.4 Å². The number of hydrogen-bond donors (Lipinski definition) is 1. The van der Waals surface area contributed by atoms with Gasteiger partial charge in [0, 0.05) is 18.4 Å². The van der Waals surface area contributed by atoms with Gasteiger partial charge in [0.15, 0.2) is 0 Å². The number of carbonyl (C=O) groups excluding carboxylic acids is 1. The molecule has 0 unspecified atom stereocenters. The van der Waals surface area contributed by atoms with Gasteiger partial charge in [-0.15, -0.1) is 0 Å². The van der Waals surface area contributed by atoms with Gasteiger partial charge >= 0.3 is 6.03 Å². The molecule has 0 radical (unpaired) electrons. The molecule has 0 aromatic heterocycles. The van der Waals surface area contributed by atoms with E-state index in [9.17, 15) is 4.79 Å². The molecule has 1 aliphatic carbocycles. The van der Waals surface area contributed by atoms with Crippen LogP contribution in [-0.4, -0.2) is 12.6 Å². The van der Waals surface area contributed by atoms with Crippen LogP contribution in [0.2, 0.25) is 0 Å². The van der Waals surface area contributed by atoms with Gasteiger partial charge in [-0.05, 0) is 50.3 Å². The molecule has 3 nitrogen and oxygen atoms in total. The van der Waals surface area contributed by atoms with Crippen molar-refractivity contribution in [2.45, 2.75) is 46.0 Å². The average Bonchev–Trinajstić information content (AvgIpc) is 2.49. The topological polar surface area (TPSA) is 32.3 Å². The summed E-state index contributed by atoms with van der Waals surface area (Å²) in [7, 11) is 0. The SMILES string of the molecule is CCN(C(=O)N/C=C/C1CCCCC1)c1cccc(C)c1. The van der Waals surface area contributed by atoms with E-state index in [-0.39, 0.29) is 6.03 Å². The van der Waals surface area contributed by atoms with Crippen molar-refractivity contribution in [2.24, 2.45) is 5.92 Å². The number of urea groups is 1. The first-order valence-corrected chi connectivity index (χ1v) is 8.02. The van der Waals surface area contributed by atoms with Gasteiger partial charge in [0.2, 0.25) is 0 Å². The molecule has 0 bridgehead atoms. The summed E-state index contributed by atoms with van der Waals surface area (Å²) in [6, 6.07) is 7.97. The van der Waals surface area contributed by atoms with Crippen LogP contribution in [-0.2, 0) is 0 Å². The molecule has 0 aliphatic heterocycles. The highest BCUT2D eigenvalue weighted by molar-refractivity contribution is 5.92. The van der Waals surface area contributed by atoms with Crippen molar-refractivity contribution in [3.8, 4) is 0 Å². The Morgan fingerprint density at radius 3 is 2.76 bits per heavy atom. The van der Waals surface area contributed by atoms with Crippen molar-refractivity contribution in [1.29, 1.82) is 0 Å². The number of amides is 2. The van der Waals surface area contributed by atoms with Crippen LogP contribution in [0.3, 0.4) is 0 Å². The number of allylic oxidation sites excluding steroid dienone is 1. The van der Waals surface area contributed by atoms with Gasteiger partial charge < -0.3 is 5.32 Å². The van der Waals surface area contributed by atoms with E-state index in [0.29, 0.717) is 12.5 Å². The van der Waals surface area contributed by atoms with E-state index < -0.39 is 0 Å². The largest absolute Gasteiger partial charge is 0.325 e. The minimum absolute atomic E-state index is 0.0600. The van der Waals surface area contributed by atoms with Crippen LogP contribution in [0.5, 0.6) is 0 Å². The molecular weight excluding hydrogens is 260 g/mol. The highest BCUT2D eigenvalue weighted by Crippen LogP contribution is 2.24. The van der Waals surface area contributed by atoms with Gasteiger partial charge in [0.05, 0.1) is 0 Å². The van der Waals surface area contributed by atoms with Gasteiger partial charge in [-0.3, -0.25) is 4.90 Å². The number of aryl methyl sites for hydroxylation is 1. The molecule has 2 rings (SSSR count). The fourth-order valence-electron chi connectivity index (χ4n) is 2.90. The highest BCUT2D eigenvalue weighted by Gasteiger charge is 2.13. The van der Waals surface area contributed by atoms with E-state index in [1.165, 1.54) is 32.1 Å². The van der Waals surface area contributed by atoms with E-state index >= 15 is 0 Å². The van der Waals surface area contributed by atoms with Crippen molar-refractivity contribution >= 4 is 11.7 Å². The Kier molecular flexibility index (Phi) is 5.85. The first kappa shape index (κ1) is 15.6. The molecule has 1 fully saturated rings. The molecule has 0 heterocycles. The molecule has 1 aromatic carbocycles. The molecule has 1 aromatic rings. The number of nitrogens with one attached hydrogen (secondary N) is 1. The third-order valence-electron chi connectivity index (χ3n) is 4.10. The first-order chi connectivity index (χ1) is 10.2. The smallest absolute Gasteiger partial charge is 0.315 e. The van der Waals surface area contributed by atoms with Crippen LogP contribution < -0.4 is 10.2 Å². The van der Waals surface area contributed by atoms with Gasteiger partial charge in [-0.2, -0.15) is 0 Å². The summed E-state index contributed by atoms with van der Waals surface area (Å²) in [5.41, 5.74) is 2.11. The van der Waals surface area contributed by atoms with Crippen LogP contribution in [0, 0.1) is 12.8 Å². The Labute approximate surface area is 128 Å². The zero-order valence-corrected chi connectivity index (χ0v) is 13.1. The molecule has 1 saturated carbocycles. The first-order valence-electron chi connectivity index (χ1n) is 8.02. The summed E-state index contributed by atoms with van der Waals surface area (Å²) < 4.78 is 0. The minimum atomic E-state index is -0.0600. The average molecular weight is 286 g/mol. The monoisotopic (exact) mass is 286 g/mol. The van der Waals surface area contributed by atoms with Gasteiger partial charge in [-0.1, -0.05) is 37.5 Å². The predicted octanol–water partition coefficient (Wildman–Crippen LogP) is 4.62. The standard InChI is InChI=1S/C18H26N2O/c1-3-20(17-11-7-8-15(2)14-17)18(21)19-13-12-16-9-5-4-6-10-16/h7-8,11-14,16H,3-6,9-10H2,1-2H3,(H,19,21)/b13-12+. The number of hydrogen-bond acceptors (Lipinski definition) is 1. The number of nitrogens with zero attached hydrogens (tertiary/aromatic N) is 1. The second kappa shape index (κ2) is 7.87. The zero-order chi connectivity index (χ0) is 15.1. The highest BCUT2D eigenvalue weighted by atomic mass is 16.2. The maximum absolute atomic E-state index is 12.3. The van der Waals surface area contributed by atoms with Crippen LogP contribution in [0.15, 0.2) is 36.5 Å². The van der Waals surface area contributed by atoms with Crippen molar-refractivity contribution < 1.29 is 4.79 Å². The quantitative estimate of drug-likeness (QED) is 0.860. The van der Waals surface area contributed by atoms with Crippen LogP contribution >= 0.6 is 0 Å². The molecule has 21 heavy (non-hydrogen) atoms. The van der Waals surface area contributed by atoms with Gasteiger partial charge in [-0.25, -0.2) is 4.79 Å². The summed E-state index contributed by atoms with van der Waals surface area (Å²) in [6.45, 7) is 4.69. The lowest BCUT2D eigenvalue weighted by atomic mass is 9.89. The second-order valence-corrected chi connectivity index (χ2v) is 5.79. The molecule has 2 amide bonds. The molecular formula is C18H26N2O. The minimum Gasteiger partial charge on any atom is -0.315 e. The fourth-order valence-corrected chi connectivity index (χ4v) is 2.90. The molecule has 0 saturated heterocycles. The number of benzene rings is 1. The van der Waals surface area contributed by atoms with Crippen LogP contribution in [0.4, 0.5) is 10.5 Å². The van der Waals surface area contributed by atoms with Crippen molar-refractivity contribution in [1.82, 2.24) is 5.32 Å². The zero-order valence-electron chi connectivity index (χ0n) is 13.1. The van der Waals surface area contributed by atoms with Crippen molar-refractivity contribution in [3.63, 3.8) is 0 Å². The Morgan fingerprint density at radius 1 is 1.33 bits per heavy atom. The van der Waals surface area contributed by atoms with E-state index in [0.717, 1.165) is 11.3 Å². The van der Waals surface area contributed by atoms with E-state index in [1.54, 1.807) is 4.90 Å². The maximum Gasteiger partial charge on any atom is 0.325 e. The molecule has 1 N–H and O–H groups in total. The summed E-state index contributed by atoms with van der Waals surface area (Å²) in [4.78, 5) is 14.1. The second-order valence-electron chi connectivity index (χ2n) is 5.79. The molecule has 0 atom stereocenters. The van der Waals surface area contributed by atoms with E-state index in [2.05, 4.69) is 11.4 Å². The predicted molar refractivity (Wildman–Crippen MR) is 88.4 cm³/mol. The van der Waals surface area contributed by atoms with Gasteiger partial charge in [0.1, 0.15) is 0 Å². The van der Waals surface area contributed by atoms with Crippen LogP contribution in [0.25, 0.3) is 0 Å². The van der Waals surface area contributed by atoms with E-state index in [4.69, 9.17) is 0 Å². The number of rotatable bonds is 4. The Morgan fingerprint density at radius 2 is 2.10 bits per heavy atom. The lowest BCUT2D eigenvalue weighted by molar-refractivity contribution is 0.249. The summed E-state index contributed by atoms with van der Waals surface area (Å²) in [5.74, 6) is 0.632. The summed E-state index contributed by atoms with van der Waals surface area (Å²) in [6.07, 6.45) is 10.5. The molecule has 1 aliphatic rings. The third-order valence-corrected chi connectivity index (χ3v) is 4.10. The van der Waals surface area contributed by atoms with E-state index in [1.807, 2.05) is 44.3 Å². The Bertz CT molecular complexity index is 490. The Hall–Kier alpha value is -1.77. The van der Waals surface area contributed by atoms with Gasteiger partial charge in [0.25, 0.3) is 0 Å². The van der Waals surface area contributed by atoms with Crippen LogP contribution in [0.1, 0.15) is 44.6 Å². The maximum atomic E-state index is 12.3. The lowest BCUT2D eigenvalue weighted by Crippen LogP contribution is -2.37. The molecule has 3 heteroatoms. The molecule has 114 valence electrons. The Balaban J connectivity index is 1.92. The fraction of sp³-hybridized carbons (Fsp3) is 0.500. The molecule has 0 spiro atoms. The lowest BCUT2D eigenvalue weighted by Gasteiger charge is -2.21. The summed E-state index contributed by atoms with van der Waals surface area (Å²) >= 11 is 0.